The molecule has 2 aromatic rings. The minimum Gasteiger partial charge on any atom is -0.356 e. The number of para-hydroxylation sites is 1. The molecule has 4 heteroatoms. The highest BCUT2D eigenvalue weighted by molar-refractivity contribution is 5.81. The maximum absolute atomic E-state index is 11.5. The number of nitrogens with zero attached hydrogens (tertiary/aromatic N) is 2. The largest absolute Gasteiger partial charge is 0.356 e. The Hall–Kier alpha value is -1.84. The molecular weight excluding hydrogens is 204 g/mol. The summed E-state index contributed by atoms with van der Waals surface area (Å²) < 4.78 is 5.21. The van der Waals surface area contributed by atoms with Gasteiger partial charge in [0.15, 0.2) is 5.58 Å². The number of aromatic nitrogens is 1. The minimum atomic E-state index is 0.215. The molecule has 0 radical (unpaired) electrons. The highest BCUT2D eigenvalue weighted by Crippen LogP contribution is 2.21. The highest BCUT2D eigenvalue weighted by Gasteiger charge is 2.22. The molecule has 1 aromatic heterocycles. The summed E-state index contributed by atoms with van der Waals surface area (Å²) in [5.74, 6) is 0.215. The third kappa shape index (κ3) is 1.46. The normalized spacial score (nSPS) is 16.2. The lowest BCUT2D eigenvalue weighted by molar-refractivity contribution is -0.128. The maximum atomic E-state index is 11.5. The van der Waals surface area contributed by atoms with Crippen LogP contribution in [0.15, 0.2) is 28.8 Å². The van der Waals surface area contributed by atoms with Crippen molar-refractivity contribution < 1.29 is 9.32 Å². The van der Waals surface area contributed by atoms with Crippen molar-refractivity contribution in [1.29, 1.82) is 0 Å². The van der Waals surface area contributed by atoms with E-state index in [0.717, 1.165) is 29.6 Å². The number of fused-ring (bicyclic) bond motifs is 1. The fourth-order valence-corrected chi connectivity index (χ4v) is 2.10. The van der Waals surface area contributed by atoms with Crippen LogP contribution < -0.4 is 0 Å². The topological polar surface area (TPSA) is 46.3 Å². The minimum absolute atomic E-state index is 0.215. The number of likely N-dealkylation sites (tertiary alicyclic amines) is 1. The summed E-state index contributed by atoms with van der Waals surface area (Å²) in [5, 5.41) is 5.03. The van der Waals surface area contributed by atoms with E-state index in [2.05, 4.69) is 5.16 Å². The van der Waals surface area contributed by atoms with Crippen LogP contribution in [0.4, 0.5) is 0 Å². The van der Waals surface area contributed by atoms with Crippen LogP contribution in [-0.4, -0.2) is 22.5 Å². The second-order valence-corrected chi connectivity index (χ2v) is 4.04. The number of amides is 1. The molecule has 1 amide bonds. The van der Waals surface area contributed by atoms with E-state index >= 15 is 0 Å². The molecule has 0 saturated carbocycles. The van der Waals surface area contributed by atoms with Gasteiger partial charge in [-0.05, 0) is 18.6 Å². The first kappa shape index (κ1) is 9.39. The third-order valence-corrected chi connectivity index (χ3v) is 2.96. The summed E-state index contributed by atoms with van der Waals surface area (Å²) in [7, 11) is 0. The van der Waals surface area contributed by atoms with Crippen molar-refractivity contribution in [3.8, 4) is 0 Å². The van der Waals surface area contributed by atoms with Crippen molar-refractivity contribution >= 4 is 16.9 Å². The molecular formula is C12H12N2O2. The van der Waals surface area contributed by atoms with E-state index in [9.17, 15) is 4.79 Å². The summed E-state index contributed by atoms with van der Waals surface area (Å²) in [6.07, 6.45) is 1.62. The molecule has 1 aliphatic heterocycles. The number of benzene rings is 1. The van der Waals surface area contributed by atoms with Crippen molar-refractivity contribution in [3.63, 3.8) is 0 Å². The van der Waals surface area contributed by atoms with Gasteiger partial charge in [-0.2, -0.15) is 0 Å². The smallest absolute Gasteiger partial charge is 0.222 e. The van der Waals surface area contributed by atoms with E-state index in [0.29, 0.717) is 13.0 Å². The molecule has 0 unspecified atom stereocenters. The van der Waals surface area contributed by atoms with E-state index in [1.807, 2.05) is 29.2 Å². The molecule has 1 fully saturated rings. The van der Waals surface area contributed by atoms with Crippen molar-refractivity contribution in [2.75, 3.05) is 6.54 Å². The average molecular weight is 216 g/mol. The third-order valence-electron chi connectivity index (χ3n) is 2.96. The van der Waals surface area contributed by atoms with Gasteiger partial charge in [-0.15, -0.1) is 0 Å². The molecule has 0 N–H and O–H groups in total. The zero-order valence-corrected chi connectivity index (χ0v) is 8.85. The summed E-state index contributed by atoms with van der Waals surface area (Å²) in [6.45, 7) is 1.40. The van der Waals surface area contributed by atoms with Crippen molar-refractivity contribution in [3.05, 3.63) is 30.0 Å². The van der Waals surface area contributed by atoms with Gasteiger partial charge < -0.3 is 9.42 Å². The Bertz CT molecular complexity index is 533. The van der Waals surface area contributed by atoms with Crippen LogP contribution >= 0.6 is 0 Å². The van der Waals surface area contributed by atoms with Crippen molar-refractivity contribution in [1.82, 2.24) is 10.1 Å². The standard InChI is InChI=1S/C12H12N2O2/c15-12-6-3-7-14(12)8-10-9-4-1-2-5-11(9)16-13-10/h1-2,4-5H,3,6-8H2. The second-order valence-electron chi connectivity index (χ2n) is 4.04. The molecule has 16 heavy (non-hydrogen) atoms. The molecule has 0 atom stereocenters. The fourth-order valence-electron chi connectivity index (χ4n) is 2.10. The first-order chi connectivity index (χ1) is 7.84. The van der Waals surface area contributed by atoms with Crippen LogP contribution in [0.3, 0.4) is 0 Å². The molecule has 1 aromatic carbocycles. The van der Waals surface area contributed by atoms with Gasteiger partial charge in [0, 0.05) is 18.4 Å². The monoisotopic (exact) mass is 216 g/mol. The highest BCUT2D eigenvalue weighted by atomic mass is 16.5. The van der Waals surface area contributed by atoms with E-state index in [1.165, 1.54) is 0 Å². The van der Waals surface area contributed by atoms with E-state index in [4.69, 9.17) is 4.52 Å². The Labute approximate surface area is 92.8 Å². The predicted molar refractivity (Wildman–Crippen MR) is 58.7 cm³/mol. The number of rotatable bonds is 2. The lowest BCUT2D eigenvalue weighted by Gasteiger charge is -2.12. The molecule has 1 saturated heterocycles. The molecule has 2 heterocycles. The van der Waals surface area contributed by atoms with Gasteiger partial charge in [-0.1, -0.05) is 17.3 Å². The molecule has 1 aliphatic rings. The Kier molecular flexibility index (Phi) is 2.13. The number of carbonyl (C=O) groups is 1. The maximum Gasteiger partial charge on any atom is 0.222 e. The number of carbonyl (C=O) groups excluding carboxylic acids is 1. The predicted octanol–water partition coefficient (Wildman–Crippen LogP) is 1.95. The molecule has 0 aliphatic carbocycles. The second kappa shape index (κ2) is 3.63. The van der Waals surface area contributed by atoms with Gasteiger partial charge >= 0.3 is 0 Å². The summed E-state index contributed by atoms with van der Waals surface area (Å²) in [4.78, 5) is 13.3. The van der Waals surface area contributed by atoms with E-state index < -0.39 is 0 Å². The van der Waals surface area contributed by atoms with Crippen LogP contribution in [0.1, 0.15) is 18.5 Å². The molecule has 4 nitrogen and oxygen atoms in total. The van der Waals surface area contributed by atoms with Crippen molar-refractivity contribution in [2.45, 2.75) is 19.4 Å². The SMILES string of the molecule is O=C1CCCN1Cc1noc2ccccc12. The van der Waals surface area contributed by atoms with Crippen LogP contribution in [0.25, 0.3) is 11.0 Å². The van der Waals surface area contributed by atoms with Gasteiger partial charge in [-0.25, -0.2) is 0 Å². The molecule has 0 spiro atoms. The Morgan fingerprint density at radius 3 is 3.06 bits per heavy atom. The van der Waals surface area contributed by atoms with Crippen molar-refractivity contribution in [2.24, 2.45) is 0 Å². The molecule has 0 bridgehead atoms. The van der Waals surface area contributed by atoms with Gasteiger partial charge in [0.1, 0.15) is 5.69 Å². The average Bonchev–Trinajstić information content (AvgIpc) is 2.88. The number of hydrogen-bond donors (Lipinski definition) is 0. The van der Waals surface area contributed by atoms with Crippen LogP contribution in [-0.2, 0) is 11.3 Å². The quantitative estimate of drug-likeness (QED) is 0.770. The van der Waals surface area contributed by atoms with Gasteiger partial charge in [0.05, 0.1) is 6.54 Å². The van der Waals surface area contributed by atoms with E-state index in [-0.39, 0.29) is 5.91 Å². The summed E-state index contributed by atoms with van der Waals surface area (Å²) >= 11 is 0. The van der Waals surface area contributed by atoms with Crippen LogP contribution in [0.2, 0.25) is 0 Å². The zero-order chi connectivity index (χ0) is 11.0. The Morgan fingerprint density at radius 2 is 2.25 bits per heavy atom. The van der Waals surface area contributed by atoms with Gasteiger partial charge in [0.25, 0.3) is 0 Å². The van der Waals surface area contributed by atoms with Crippen LogP contribution in [0.5, 0.6) is 0 Å². The molecule has 82 valence electrons. The lowest BCUT2D eigenvalue weighted by atomic mass is 10.2. The van der Waals surface area contributed by atoms with Gasteiger partial charge in [0.2, 0.25) is 5.91 Å². The zero-order valence-electron chi connectivity index (χ0n) is 8.85. The number of hydrogen-bond acceptors (Lipinski definition) is 3. The fraction of sp³-hybridized carbons (Fsp3) is 0.333. The Morgan fingerprint density at radius 1 is 1.38 bits per heavy atom. The van der Waals surface area contributed by atoms with E-state index in [1.54, 1.807) is 0 Å². The first-order valence-electron chi connectivity index (χ1n) is 5.45. The van der Waals surface area contributed by atoms with Crippen LogP contribution in [0, 0.1) is 0 Å². The summed E-state index contributed by atoms with van der Waals surface area (Å²) in [5.41, 5.74) is 1.63. The Balaban J connectivity index is 1.92. The first-order valence-corrected chi connectivity index (χ1v) is 5.45. The summed E-state index contributed by atoms with van der Waals surface area (Å²) in [6, 6.07) is 7.73. The van der Waals surface area contributed by atoms with Gasteiger partial charge in [-0.3, -0.25) is 4.79 Å². The molecule has 3 rings (SSSR count). The lowest BCUT2D eigenvalue weighted by Crippen LogP contribution is -2.24.